The number of rotatable bonds is 13. The fourth-order valence-electron chi connectivity index (χ4n) is 5.18. The number of nitrogens with two attached hydrogens (primary N) is 1. The number of allylic oxidation sites excluding steroid dienone is 1. The van der Waals surface area contributed by atoms with Gasteiger partial charge in [-0.3, -0.25) is 14.4 Å². The van der Waals surface area contributed by atoms with Gasteiger partial charge in [0, 0.05) is 35.5 Å². The predicted octanol–water partition coefficient (Wildman–Crippen LogP) is 5.71. The number of fused-ring (bicyclic) bond motifs is 1. The average molecular weight is 606 g/mol. The van der Waals surface area contributed by atoms with Gasteiger partial charge in [0.05, 0.1) is 13.7 Å². The van der Waals surface area contributed by atoms with Gasteiger partial charge < -0.3 is 25.4 Å². The lowest BCUT2D eigenvalue weighted by molar-refractivity contribution is -0.123. The molecule has 45 heavy (non-hydrogen) atoms. The fourth-order valence-corrected chi connectivity index (χ4v) is 5.18. The highest BCUT2D eigenvalue weighted by molar-refractivity contribution is 6.11. The number of ether oxygens (including phenoxy) is 2. The lowest BCUT2D eigenvalue weighted by atomic mass is 9.91. The van der Waals surface area contributed by atoms with Crippen molar-refractivity contribution in [3.63, 3.8) is 0 Å². The van der Waals surface area contributed by atoms with E-state index in [2.05, 4.69) is 11.9 Å². The van der Waals surface area contributed by atoms with Crippen molar-refractivity contribution >= 4 is 23.8 Å². The second kappa shape index (κ2) is 16.0. The topological polar surface area (TPSA) is 111 Å². The number of carbonyl (C=O) groups is 3. The van der Waals surface area contributed by atoms with Crippen LogP contribution in [0.2, 0.25) is 0 Å². The van der Waals surface area contributed by atoms with E-state index >= 15 is 0 Å². The van der Waals surface area contributed by atoms with Crippen molar-refractivity contribution in [2.75, 3.05) is 31.7 Å². The first-order valence-electron chi connectivity index (χ1n) is 14.9. The van der Waals surface area contributed by atoms with Gasteiger partial charge in [-0.1, -0.05) is 78.9 Å². The maximum atomic E-state index is 13.7. The van der Waals surface area contributed by atoms with E-state index in [-0.39, 0.29) is 18.4 Å². The molecule has 0 fully saturated rings. The molecule has 4 aromatic carbocycles. The molecular formula is C37H39N3O5. The Hall–Kier alpha value is -5.21. The first-order chi connectivity index (χ1) is 22.0. The number of nitrogens with one attached hydrogen (secondary N) is 1. The lowest BCUT2D eigenvalue weighted by Crippen LogP contribution is -2.57. The van der Waals surface area contributed by atoms with Gasteiger partial charge in [-0.15, -0.1) is 6.58 Å². The Morgan fingerprint density at radius 2 is 1.62 bits per heavy atom. The summed E-state index contributed by atoms with van der Waals surface area (Å²) in [5, 5.41) is 2.94. The summed E-state index contributed by atoms with van der Waals surface area (Å²) in [6.07, 6.45) is 4.89. The Morgan fingerprint density at radius 1 is 0.933 bits per heavy atom. The second-order valence-corrected chi connectivity index (χ2v) is 10.5. The Bertz CT molecular complexity index is 1590. The number of anilines is 1. The van der Waals surface area contributed by atoms with Gasteiger partial charge in [0.2, 0.25) is 0 Å². The minimum Gasteiger partial charge on any atom is -0.493 e. The van der Waals surface area contributed by atoms with Crippen molar-refractivity contribution in [1.82, 2.24) is 5.32 Å². The molecule has 4 aromatic rings. The van der Waals surface area contributed by atoms with Gasteiger partial charge in [0.1, 0.15) is 6.29 Å². The number of benzene rings is 4. The molecule has 0 saturated heterocycles. The van der Waals surface area contributed by atoms with E-state index < -0.39 is 5.54 Å². The molecule has 1 unspecified atom stereocenters. The zero-order chi connectivity index (χ0) is 32.1. The summed E-state index contributed by atoms with van der Waals surface area (Å²) in [6, 6.07) is 31.3. The van der Waals surface area contributed by atoms with Gasteiger partial charge in [0.25, 0.3) is 11.8 Å². The molecule has 0 spiro atoms. The third-order valence-electron chi connectivity index (χ3n) is 7.51. The van der Waals surface area contributed by atoms with E-state index in [1.807, 2.05) is 72.8 Å². The standard InChI is InChI=1S/C30H33N3O4.C7H6O/c1-3-11-22-16-17-26(27(20-22)36-2)37-19-10-9-18-33-25-15-8-7-14-24(25)30(21-31,29(33)35)32-28(34)23-12-5-4-6-13-23;8-6-7-4-2-1-3-5-7/h3-8,12-17,20H,1,9-11,18-19,21,31H2,2H3,(H,32,34);1-6H. The van der Waals surface area contributed by atoms with Crippen molar-refractivity contribution in [1.29, 1.82) is 0 Å². The summed E-state index contributed by atoms with van der Waals surface area (Å²) in [5.74, 6) is 0.812. The van der Waals surface area contributed by atoms with Gasteiger partial charge in [-0.25, -0.2) is 0 Å². The highest BCUT2D eigenvalue weighted by atomic mass is 16.5. The average Bonchev–Trinajstić information content (AvgIpc) is 3.32. The van der Waals surface area contributed by atoms with E-state index in [0.717, 1.165) is 35.9 Å². The van der Waals surface area contributed by atoms with Crippen LogP contribution in [-0.2, 0) is 16.8 Å². The third kappa shape index (κ3) is 7.85. The Balaban J connectivity index is 0.000000501. The van der Waals surface area contributed by atoms with Gasteiger partial charge in [-0.05, 0) is 55.2 Å². The van der Waals surface area contributed by atoms with Crippen LogP contribution in [0.1, 0.15) is 44.7 Å². The van der Waals surface area contributed by atoms with Crippen LogP contribution in [-0.4, -0.2) is 44.9 Å². The van der Waals surface area contributed by atoms with E-state index in [1.165, 1.54) is 0 Å². The number of methoxy groups -OCH3 is 1. The molecule has 0 aliphatic carbocycles. The maximum Gasteiger partial charge on any atom is 0.258 e. The molecule has 1 atom stereocenters. The number of carbonyl (C=O) groups excluding carboxylic acids is 3. The summed E-state index contributed by atoms with van der Waals surface area (Å²) < 4.78 is 11.4. The number of unbranched alkanes of at least 4 members (excludes halogenated alkanes) is 1. The third-order valence-corrected chi connectivity index (χ3v) is 7.51. The quantitative estimate of drug-likeness (QED) is 0.115. The molecule has 0 aromatic heterocycles. The Kier molecular flexibility index (Phi) is 11.6. The van der Waals surface area contributed by atoms with Crippen LogP contribution in [0.3, 0.4) is 0 Å². The van der Waals surface area contributed by atoms with Crippen LogP contribution in [0.4, 0.5) is 5.69 Å². The number of hydrogen-bond donors (Lipinski definition) is 2. The first-order valence-corrected chi connectivity index (χ1v) is 14.9. The summed E-state index contributed by atoms with van der Waals surface area (Å²) in [7, 11) is 1.62. The van der Waals surface area contributed by atoms with E-state index in [4.69, 9.17) is 15.2 Å². The molecule has 1 aliphatic rings. The molecule has 1 heterocycles. The molecule has 0 radical (unpaired) electrons. The second-order valence-electron chi connectivity index (χ2n) is 10.5. The smallest absolute Gasteiger partial charge is 0.258 e. The Morgan fingerprint density at radius 3 is 2.27 bits per heavy atom. The maximum absolute atomic E-state index is 13.7. The zero-order valence-electron chi connectivity index (χ0n) is 25.5. The van der Waals surface area contributed by atoms with Crippen LogP contribution in [0.5, 0.6) is 11.5 Å². The highest BCUT2D eigenvalue weighted by Gasteiger charge is 2.51. The van der Waals surface area contributed by atoms with Crippen LogP contribution in [0, 0.1) is 0 Å². The van der Waals surface area contributed by atoms with Gasteiger partial charge in [0.15, 0.2) is 17.0 Å². The summed E-state index contributed by atoms with van der Waals surface area (Å²) in [6.45, 7) is 4.70. The number of nitrogens with zero attached hydrogens (tertiary/aromatic N) is 1. The van der Waals surface area contributed by atoms with Crippen molar-refractivity contribution in [2.24, 2.45) is 5.73 Å². The van der Waals surface area contributed by atoms with Crippen molar-refractivity contribution in [2.45, 2.75) is 24.8 Å². The van der Waals surface area contributed by atoms with Crippen LogP contribution < -0.4 is 25.4 Å². The fraction of sp³-hybridized carbons (Fsp3) is 0.216. The van der Waals surface area contributed by atoms with Gasteiger partial charge >= 0.3 is 0 Å². The molecule has 3 N–H and O–H groups in total. The van der Waals surface area contributed by atoms with Crippen LogP contribution in [0.15, 0.2) is 116 Å². The van der Waals surface area contributed by atoms with Crippen molar-refractivity contribution in [3.05, 3.63) is 138 Å². The minimum atomic E-state index is -1.30. The van der Waals surface area contributed by atoms with Crippen LogP contribution >= 0.6 is 0 Å². The number of para-hydroxylation sites is 1. The van der Waals surface area contributed by atoms with Crippen LogP contribution in [0.25, 0.3) is 0 Å². The molecule has 8 nitrogen and oxygen atoms in total. The van der Waals surface area contributed by atoms with E-state index in [9.17, 15) is 14.4 Å². The number of amides is 2. The van der Waals surface area contributed by atoms with E-state index in [0.29, 0.717) is 42.2 Å². The molecule has 1 aliphatic heterocycles. The summed E-state index contributed by atoms with van der Waals surface area (Å²) >= 11 is 0. The summed E-state index contributed by atoms with van der Waals surface area (Å²) in [4.78, 5) is 38.4. The molecule has 0 saturated carbocycles. The molecular weight excluding hydrogens is 566 g/mol. The first kappa shape index (κ1) is 32.7. The number of aldehydes is 1. The highest BCUT2D eigenvalue weighted by Crippen LogP contribution is 2.40. The summed E-state index contributed by atoms with van der Waals surface area (Å²) in [5.41, 5.74) is 8.65. The van der Waals surface area contributed by atoms with Crippen molar-refractivity contribution < 1.29 is 23.9 Å². The molecule has 5 rings (SSSR count). The molecule has 8 heteroatoms. The zero-order valence-corrected chi connectivity index (χ0v) is 25.5. The van der Waals surface area contributed by atoms with Crippen molar-refractivity contribution in [3.8, 4) is 11.5 Å². The van der Waals surface area contributed by atoms with Gasteiger partial charge in [-0.2, -0.15) is 0 Å². The molecule has 0 bridgehead atoms. The normalized spacial score (nSPS) is 14.9. The van der Waals surface area contributed by atoms with E-state index in [1.54, 1.807) is 48.4 Å². The SMILES string of the molecule is C=CCc1ccc(OCCCCN2C(=O)C(CN)(NC(=O)c3ccccc3)c3ccccc32)c(OC)c1.O=Cc1ccccc1. The largest absolute Gasteiger partial charge is 0.493 e. The predicted molar refractivity (Wildman–Crippen MR) is 177 cm³/mol. The number of hydrogen-bond acceptors (Lipinski definition) is 6. The molecule has 2 amide bonds. The lowest BCUT2D eigenvalue weighted by Gasteiger charge is -2.28. The Labute approximate surface area is 264 Å². The molecule has 232 valence electrons. The monoisotopic (exact) mass is 605 g/mol. The minimum absolute atomic E-state index is 0.0390.